The van der Waals surface area contributed by atoms with Gasteiger partial charge >= 0.3 is 0 Å². The fourth-order valence-electron chi connectivity index (χ4n) is 0.722. The Hall–Kier alpha value is -1.34. The van der Waals surface area contributed by atoms with Crippen molar-refractivity contribution < 1.29 is 4.79 Å². The standard InChI is InChI=1S/C8H8N2OS/c1-3-4-10(2)8(11)7-5-12-6-9-7/h1,5-6H,4H2,2H3. The van der Waals surface area contributed by atoms with Crippen molar-refractivity contribution in [3.63, 3.8) is 0 Å². The molecule has 0 aromatic carbocycles. The van der Waals surface area contributed by atoms with E-state index in [4.69, 9.17) is 6.42 Å². The second-order valence-electron chi connectivity index (χ2n) is 2.24. The summed E-state index contributed by atoms with van der Waals surface area (Å²) in [6.45, 7) is 0.316. The van der Waals surface area contributed by atoms with Crippen LogP contribution in [0.15, 0.2) is 10.9 Å². The normalized spacial score (nSPS) is 9.00. The van der Waals surface area contributed by atoms with Gasteiger partial charge in [-0.25, -0.2) is 4.98 Å². The summed E-state index contributed by atoms with van der Waals surface area (Å²) in [6, 6.07) is 0. The molecule has 1 amide bonds. The second kappa shape index (κ2) is 3.88. The highest BCUT2D eigenvalue weighted by Crippen LogP contribution is 2.03. The monoisotopic (exact) mass is 180 g/mol. The SMILES string of the molecule is C#CCN(C)C(=O)c1cscn1. The predicted octanol–water partition coefficient (Wildman–Crippen LogP) is 0.848. The van der Waals surface area contributed by atoms with Crippen LogP contribution >= 0.6 is 11.3 Å². The highest BCUT2D eigenvalue weighted by Gasteiger charge is 2.11. The molecule has 1 aromatic heterocycles. The van der Waals surface area contributed by atoms with Crippen molar-refractivity contribution in [2.75, 3.05) is 13.6 Å². The molecular formula is C8H8N2OS. The number of hydrogen-bond acceptors (Lipinski definition) is 3. The Morgan fingerprint density at radius 3 is 3.17 bits per heavy atom. The summed E-state index contributed by atoms with van der Waals surface area (Å²) in [5.74, 6) is 2.26. The van der Waals surface area contributed by atoms with E-state index in [-0.39, 0.29) is 5.91 Å². The van der Waals surface area contributed by atoms with Crippen LogP contribution in [0.2, 0.25) is 0 Å². The van der Waals surface area contributed by atoms with Crippen LogP contribution in [-0.2, 0) is 0 Å². The number of carbonyl (C=O) groups excluding carboxylic acids is 1. The zero-order chi connectivity index (χ0) is 8.97. The molecular weight excluding hydrogens is 172 g/mol. The molecule has 0 aliphatic heterocycles. The minimum absolute atomic E-state index is 0.130. The first-order valence-corrected chi connectivity index (χ1v) is 4.27. The maximum absolute atomic E-state index is 11.4. The van der Waals surface area contributed by atoms with E-state index >= 15 is 0 Å². The van der Waals surface area contributed by atoms with Gasteiger partial charge in [0.2, 0.25) is 0 Å². The van der Waals surface area contributed by atoms with Crippen molar-refractivity contribution in [1.82, 2.24) is 9.88 Å². The van der Waals surface area contributed by atoms with Crippen LogP contribution < -0.4 is 0 Å². The molecule has 0 saturated heterocycles. The van der Waals surface area contributed by atoms with Gasteiger partial charge in [-0.2, -0.15) is 0 Å². The molecule has 0 spiro atoms. The fourth-order valence-corrected chi connectivity index (χ4v) is 1.25. The van der Waals surface area contributed by atoms with Gasteiger partial charge in [0, 0.05) is 12.4 Å². The lowest BCUT2D eigenvalue weighted by Gasteiger charge is -2.10. The van der Waals surface area contributed by atoms with Gasteiger partial charge in [-0.1, -0.05) is 5.92 Å². The van der Waals surface area contributed by atoms with Gasteiger partial charge in [-0.05, 0) is 0 Å². The first-order valence-electron chi connectivity index (χ1n) is 3.33. The van der Waals surface area contributed by atoms with Gasteiger partial charge in [0.1, 0.15) is 5.69 Å². The first kappa shape index (κ1) is 8.75. The largest absolute Gasteiger partial charge is 0.329 e. The van der Waals surface area contributed by atoms with Gasteiger partial charge in [0.25, 0.3) is 5.91 Å². The van der Waals surface area contributed by atoms with E-state index in [1.54, 1.807) is 17.9 Å². The molecule has 1 rings (SSSR count). The molecule has 0 aliphatic carbocycles. The number of carbonyl (C=O) groups is 1. The Bertz CT molecular complexity index is 299. The zero-order valence-corrected chi connectivity index (χ0v) is 7.47. The first-order chi connectivity index (χ1) is 5.75. The molecule has 0 N–H and O–H groups in total. The van der Waals surface area contributed by atoms with E-state index in [0.717, 1.165) is 0 Å². The molecule has 1 aromatic rings. The quantitative estimate of drug-likeness (QED) is 0.632. The molecule has 0 saturated carbocycles. The van der Waals surface area contributed by atoms with Crippen molar-refractivity contribution in [1.29, 1.82) is 0 Å². The Kier molecular flexibility index (Phi) is 2.83. The molecule has 0 radical (unpaired) electrons. The maximum Gasteiger partial charge on any atom is 0.273 e. The predicted molar refractivity (Wildman–Crippen MR) is 47.9 cm³/mol. The van der Waals surface area contributed by atoms with E-state index in [2.05, 4.69) is 10.9 Å². The van der Waals surface area contributed by atoms with E-state index in [1.807, 2.05) is 0 Å². The number of thiazole rings is 1. The number of nitrogens with zero attached hydrogens (tertiary/aromatic N) is 2. The highest BCUT2D eigenvalue weighted by molar-refractivity contribution is 7.07. The molecule has 62 valence electrons. The van der Waals surface area contributed by atoms with Crippen molar-refractivity contribution in [2.45, 2.75) is 0 Å². The van der Waals surface area contributed by atoms with Crippen LogP contribution in [0.3, 0.4) is 0 Å². The van der Waals surface area contributed by atoms with Crippen LogP contribution in [0, 0.1) is 12.3 Å². The Labute approximate surface area is 75.0 Å². The Morgan fingerprint density at radius 1 is 1.92 bits per heavy atom. The van der Waals surface area contributed by atoms with Crippen molar-refractivity contribution in [2.24, 2.45) is 0 Å². The summed E-state index contributed by atoms with van der Waals surface area (Å²) >= 11 is 1.39. The number of rotatable bonds is 2. The molecule has 0 aliphatic rings. The minimum Gasteiger partial charge on any atom is -0.329 e. The summed E-state index contributed by atoms with van der Waals surface area (Å²) in [4.78, 5) is 16.7. The zero-order valence-electron chi connectivity index (χ0n) is 6.65. The smallest absolute Gasteiger partial charge is 0.273 e. The second-order valence-corrected chi connectivity index (χ2v) is 2.96. The lowest BCUT2D eigenvalue weighted by molar-refractivity contribution is 0.0807. The number of amides is 1. The summed E-state index contributed by atoms with van der Waals surface area (Å²) in [7, 11) is 1.65. The van der Waals surface area contributed by atoms with Crippen molar-refractivity contribution in [3.8, 4) is 12.3 Å². The Morgan fingerprint density at radius 2 is 2.67 bits per heavy atom. The topological polar surface area (TPSA) is 33.2 Å². The van der Waals surface area contributed by atoms with Gasteiger partial charge in [-0.3, -0.25) is 4.79 Å². The number of hydrogen-bond donors (Lipinski definition) is 0. The van der Waals surface area contributed by atoms with Crippen molar-refractivity contribution in [3.05, 3.63) is 16.6 Å². The third kappa shape index (κ3) is 1.83. The van der Waals surface area contributed by atoms with Crippen LogP contribution in [0.1, 0.15) is 10.5 Å². The van der Waals surface area contributed by atoms with E-state index in [9.17, 15) is 4.79 Å². The molecule has 4 heteroatoms. The Balaban J connectivity index is 2.67. The van der Waals surface area contributed by atoms with E-state index < -0.39 is 0 Å². The van der Waals surface area contributed by atoms with Gasteiger partial charge in [0.05, 0.1) is 12.1 Å². The van der Waals surface area contributed by atoms with Crippen molar-refractivity contribution >= 4 is 17.2 Å². The summed E-state index contributed by atoms with van der Waals surface area (Å²) in [5, 5.41) is 1.70. The minimum atomic E-state index is -0.130. The lowest BCUT2D eigenvalue weighted by atomic mass is 10.4. The lowest BCUT2D eigenvalue weighted by Crippen LogP contribution is -2.27. The van der Waals surface area contributed by atoms with Crippen LogP contribution in [-0.4, -0.2) is 29.4 Å². The average Bonchev–Trinajstić information content (AvgIpc) is 2.55. The molecule has 0 fully saturated rings. The van der Waals surface area contributed by atoms with Gasteiger partial charge in [-0.15, -0.1) is 17.8 Å². The number of aromatic nitrogens is 1. The number of terminal acetylenes is 1. The molecule has 0 bridgehead atoms. The van der Waals surface area contributed by atoms with Crippen LogP contribution in [0.25, 0.3) is 0 Å². The molecule has 1 heterocycles. The van der Waals surface area contributed by atoms with Crippen LogP contribution in [0.5, 0.6) is 0 Å². The molecule has 3 nitrogen and oxygen atoms in total. The van der Waals surface area contributed by atoms with Crippen LogP contribution in [0.4, 0.5) is 0 Å². The third-order valence-electron chi connectivity index (χ3n) is 1.33. The average molecular weight is 180 g/mol. The molecule has 0 unspecified atom stereocenters. The molecule has 12 heavy (non-hydrogen) atoms. The highest BCUT2D eigenvalue weighted by atomic mass is 32.1. The fraction of sp³-hybridized carbons (Fsp3) is 0.250. The van der Waals surface area contributed by atoms with Gasteiger partial charge < -0.3 is 4.90 Å². The van der Waals surface area contributed by atoms with Gasteiger partial charge in [0.15, 0.2) is 0 Å². The molecule has 0 atom stereocenters. The summed E-state index contributed by atoms with van der Waals surface area (Å²) < 4.78 is 0. The maximum atomic E-state index is 11.4. The third-order valence-corrected chi connectivity index (χ3v) is 1.91. The summed E-state index contributed by atoms with van der Waals surface area (Å²) in [6.07, 6.45) is 5.06. The summed E-state index contributed by atoms with van der Waals surface area (Å²) in [5.41, 5.74) is 2.08. The van der Waals surface area contributed by atoms with E-state index in [1.165, 1.54) is 16.2 Å². The van der Waals surface area contributed by atoms with E-state index in [0.29, 0.717) is 12.2 Å².